The van der Waals surface area contributed by atoms with E-state index in [9.17, 15) is 4.79 Å². The van der Waals surface area contributed by atoms with E-state index in [-0.39, 0.29) is 5.97 Å². The van der Waals surface area contributed by atoms with Crippen molar-refractivity contribution in [3.05, 3.63) is 29.3 Å². The van der Waals surface area contributed by atoms with E-state index in [2.05, 4.69) is 5.32 Å². The highest BCUT2D eigenvalue weighted by molar-refractivity contribution is 5.97. The van der Waals surface area contributed by atoms with Crippen LogP contribution in [0.15, 0.2) is 18.2 Å². The molecule has 1 rings (SSSR count). The van der Waals surface area contributed by atoms with Crippen LogP contribution in [0.4, 0.5) is 5.69 Å². The number of aryl methyl sites for hydroxylation is 1. The lowest BCUT2D eigenvalue weighted by atomic mass is 10.1. The Morgan fingerprint density at radius 1 is 1.50 bits per heavy atom. The fourth-order valence-electron chi connectivity index (χ4n) is 1.38. The lowest BCUT2D eigenvalue weighted by Gasteiger charge is -2.11. The van der Waals surface area contributed by atoms with Crippen LogP contribution in [0.3, 0.4) is 0 Å². The standard InChI is InChI=1S/C11H15NO2/c1-4-12-9-7-5-6-8(2)10(9)11(13)14-3/h5-7,12H,4H2,1-3H3. The molecule has 0 spiro atoms. The zero-order valence-electron chi connectivity index (χ0n) is 8.76. The largest absolute Gasteiger partial charge is 0.465 e. The summed E-state index contributed by atoms with van der Waals surface area (Å²) in [6.07, 6.45) is 0. The Morgan fingerprint density at radius 3 is 2.79 bits per heavy atom. The summed E-state index contributed by atoms with van der Waals surface area (Å²) in [5, 5.41) is 3.13. The Balaban J connectivity index is 3.15. The smallest absolute Gasteiger partial charge is 0.340 e. The Labute approximate surface area is 84.1 Å². The summed E-state index contributed by atoms with van der Waals surface area (Å²) in [7, 11) is 1.39. The predicted octanol–water partition coefficient (Wildman–Crippen LogP) is 2.21. The summed E-state index contributed by atoms with van der Waals surface area (Å²) in [5.74, 6) is -0.293. The lowest BCUT2D eigenvalue weighted by Crippen LogP contribution is -2.09. The van der Waals surface area contributed by atoms with Gasteiger partial charge in [-0.1, -0.05) is 12.1 Å². The summed E-state index contributed by atoms with van der Waals surface area (Å²) in [5.41, 5.74) is 2.38. The van der Waals surface area contributed by atoms with E-state index in [1.807, 2.05) is 32.0 Å². The molecule has 0 atom stereocenters. The van der Waals surface area contributed by atoms with Gasteiger partial charge < -0.3 is 10.1 Å². The molecule has 0 bridgehead atoms. The maximum Gasteiger partial charge on any atom is 0.340 e. The molecule has 0 fully saturated rings. The quantitative estimate of drug-likeness (QED) is 0.748. The van der Waals surface area contributed by atoms with Crippen molar-refractivity contribution < 1.29 is 9.53 Å². The third-order valence-electron chi connectivity index (χ3n) is 2.03. The molecule has 0 unspecified atom stereocenters. The Hall–Kier alpha value is -1.51. The number of anilines is 1. The molecule has 0 aliphatic heterocycles. The molecule has 0 saturated carbocycles. The van der Waals surface area contributed by atoms with E-state index < -0.39 is 0 Å². The van der Waals surface area contributed by atoms with E-state index in [0.29, 0.717) is 5.56 Å². The molecule has 0 saturated heterocycles. The van der Waals surface area contributed by atoms with Crippen LogP contribution in [0.5, 0.6) is 0 Å². The first-order chi connectivity index (χ1) is 6.70. The second kappa shape index (κ2) is 4.65. The molecule has 0 heterocycles. The van der Waals surface area contributed by atoms with Crippen LogP contribution < -0.4 is 5.32 Å². The van der Waals surface area contributed by atoms with Gasteiger partial charge in [-0.2, -0.15) is 0 Å². The third kappa shape index (κ3) is 2.05. The molecule has 0 amide bonds. The predicted molar refractivity (Wildman–Crippen MR) is 56.7 cm³/mol. The van der Waals surface area contributed by atoms with Crippen molar-refractivity contribution in [2.45, 2.75) is 13.8 Å². The fourth-order valence-corrected chi connectivity index (χ4v) is 1.38. The van der Waals surface area contributed by atoms with Crippen molar-refractivity contribution in [3.63, 3.8) is 0 Å². The number of esters is 1. The number of rotatable bonds is 3. The summed E-state index contributed by atoms with van der Waals surface area (Å²) < 4.78 is 4.73. The molecular weight excluding hydrogens is 178 g/mol. The average Bonchev–Trinajstić information content (AvgIpc) is 2.18. The normalized spacial score (nSPS) is 9.64. The van der Waals surface area contributed by atoms with E-state index in [1.54, 1.807) is 0 Å². The Kier molecular flexibility index (Phi) is 3.51. The lowest BCUT2D eigenvalue weighted by molar-refractivity contribution is 0.0601. The molecule has 1 aromatic carbocycles. The number of nitrogens with one attached hydrogen (secondary N) is 1. The maximum absolute atomic E-state index is 11.5. The zero-order valence-corrected chi connectivity index (χ0v) is 8.76. The van der Waals surface area contributed by atoms with Crippen molar-refractivity contribution >= 4 is 11.7 Å². The number of ether oxygens (including phenoxy) is 1. The van der Waals surface area contributed by atoms with Crippen molar-refractivity contribution in [2.75, 3.05) is 19.0 Å². The van der Waals surface area contributed by atoms with Gasteiger partial charge >= 0.3 is 5.97 Å². The van der Waals surface area contributed by atoms with Crippen LogP contribution in [0.1, 0.15) is 22.8 Å². The highest BCUT2D eigenvalue weighted by Gasteiger charge is 2.13. The summed E-state index contributed by atoms with van der Waals surface area (Å²) in [4.78, 5) is 11.5. The van der Waals surface area contributed by atoms with Crippen LogP contribution in [0, 0.1) is 6.92 Å². The van der Waals surface area contributed by atoms with Crippen LogP contribution in [0.2, 0.25) is 0 Å². The van der Waals surface area contributed by atoms with Gasteiger partial charge in [0.05, 0.1) is 12.7 Å². The fraction of sp³-hybridized carbons (Fsp3) is 0.364. The summed E-state index contributed by atoms with van der Waals surface area (Å²) in [6, 6.07) is 5.69. The molecule has 3 heteroatoms. The molecular formula is C11H15NO2. The van der Waals surface area contributed by atoms with Crippen LogP contribution >= 0.6 is 0 Å². The number of hydrogen-bond acceptors (Lipinski definition) is 3. The topological polar surface area (TPSA) is 38.3 Å². The average molecular weight is 193 g/mol. The first kappa shape index (κ1) is 10.6. The maximum atomic E-state index is 11.5. The summed E-state index contributed by atoms with van der Waals surface area (Å²) >= 11 is 0. The van der Waals surface area contributed by atoms with Crippen molar-refractivity contribution in [1.29, 1.82) is 0 Å². The van der Waals surface area contributed by atoms with Crippen LogP contribution in [0.25, 0.3) is 0 Å². The molecule has 1 N–H and O–H groups in total. The Bertz CT molecular complexity index is 334. The van der Waals surface area contributed by atoms with Crippen molar-refractivity contribution in [2.24, 2.45) is 0 Å². The first-order valence-electron chi connectivity index (χ1n) is 4.62. The molecule has 14 heavy (non-hydrogen) atoms. The molecule has 3 nitrogen and oxygen atoms in total. The monoisotopic (exact) mass is 193 g/mol. The number of carbonyl (C=O) groups excluding carboxylic acids is 1. The van der Waals surface area contributed by atoms with Gasteiger partial charge in [0.1, 0.15) is 0 Å². The molecule has 76 valence electrons. The van der Waals surface area contributed by atoms with Gasteiger partial charge in [0.25, 0.3) is 0 Å². The highest BCUT2D eigenvalue weighted by atomic mass is 16.5. The number of carbonyl (C=O) groups is 1. The minimum absolute atomic E-state index is 0.293. The van der Waals surface area contributed by atoms with Gasteiger partial charge in [0.15, 0.2) is 0 Å². The van der Waals surface area contributed by atoms with E-state index >= 15 is 0 Å². The van der Waals surface area contributed by atoms with Gasteiger partial charge in [-0.25, -0.2) is 4.79 Å². The highest BCUT2D eigenvalue weighted by Crippen LogP contribution is 2.20. The Morgan fingerprint density at radius 2 is 2.21 bits per heavy atom. The molecule has 0 aliphatic carbocycles. The van der Waals surface area contributed by atoms with Gasteiger partial charge in [-0.15, -0.1) is 0 Å². The van der Waals surface area contributed by atoms with Gasteiger partial charge in [0, 0.05) is 12.2 Å². The van der Waals surface area contributed by atoms with E-state index in [0.717, 1.165) is 17.8 Å². The van der Waals surface area contributed by atoms with Gasteiger partial charge in [-0.05, 0) is 25.5 Å². The zero-order chi connectivity index (χ0) is 10.6. The van der Waals surface area contributed by atoms with Crippen LogP contribution in [-0.4, -0.2) is 19.6 Å². The number of benzene rings is 1. The second-order valence-corrected chi connectivity index (χ2v) is 3.02. The summed E-state index contributed by atoms with van der Waals surface area (Å²) in [6.45, 7) is 4.67. The van der Waals surface area contributed by atoms with E-state index in [1.165, 1.54) is 7.11 Å². The SMILES string of the molecule is CCNc1cccc(C)c1C(=O)OC. The number of hydrogen-bond donors (Lipinski definition) is 1. The van der Waals surface area contributed by atoms with Crippen molar-refractivity contribution in [1.82, 2.24) is 0 Å². The third-order valence-corrected chi connectivity index (χ3v) is 2.03. The molecule has 0 aliphatic rings. The molecule has 0 radical (unpaired) electrons. The molecule has 1 aromatic rings. The first-order valence-corrected chi connectivity index (χ1v) is 4.62. The van der Waals surface area contributed by atoms with Crippen molar-refractivity contribution in [3.8, 4) is 0 Å². The van der Waals surface area contributed by atoms with Crippen LogP contribution in [-0.2, 0) is 4.74 Å². The second-order valence-electron chi connectivity index (χ2n) is 3.02. The van der Waals surface area contributed by atoms with E-state index in [4.69, 9.17) is 4.74 Å². The van der Waals surface area contributed by atoms with Gasteiger partial charge in [0.2, 0.25) is 0 Å². The number of methoxy groups -OCH3 is 1. The minimum Gasteiger partial charge on any atom is -0.465 e. The van der Waals surface area contributed by atoms with Gasteiger partial charge in [-0.3, -0.25) is 0 Å². The minimum atomic E-state index is -0.293. The molecule has 0 aromatic heterocycles.